The van der Waals surface area contributed by atoms with Gasteiger partial charge in [-0.05, 0) is 0 Å². The SMILES string of the molecule is C=CC(=O)OC(=O)C(=C)CC(F)(F)C(F)C(F)(F)F. The van der Waals surface area contributed by atoms with Crippen LogP contribution >= 0.6 is 0 Å². The van der Waals surface area contributed by atoms with E-state index in [-0.39, 0.29) is 0 Å². The molecule has 0 heterocycles. The van der Waals surface area contributed by atoms with Crippen LogP contribution in [0.1, 0.15) is 6.42 Å². The van der Waals surface area contributed by atoms with Gasteiger partial charge in [0.2, 0.25) is 0 Å². The normalized spacial score (nSPS) is 13.6. The molecule has 0 saturated heterocycles. The molecule has 1 unspecified atom stereocenters. The molecule has 3 nitrogen and oxygen atoms in total. The highest BCUT2D eigenvalue weighted by atomic mass is 19.4. The van der Waals surface area contributed by atoms with Gasteiger partial charge >= 0.3 is 18.1 Å². The summed E-state index contributed by atoms with van der Waals surface area (Å²) in [5.41, 5.74) is -1.17. The summed E-state index contributed by atoms with van der Waals surface area (Å²) in [6.45, 7) is 5.61. The molecule has 0 aromatic rings. The molecule has 0 radical (unpaired) electrons. The molecule has 0 spiro atoms. The van der Waals surface area contributed by atoms with Gasteiger partial charge in [0, 0.05) is 18.1 Å². The fourth-order valence-electron chi connectivity index (χ4n) is 0.891. The molecule has 0 rings (SSSR count). The summed E-state index contributed by atoms with van der Waals surface area (Å²) >= 11 is 0. The van der Waals surface area contributed by atoms with Crippen molar-refractivity contribution in [2.75, 3.05) is 0 Å². The lowest BCUT2D eigenvalue weighted by Crippen LogP contribution is -2.42. The van der Waals surface area contributed by atoms with E-state index >= 15 is 0 Å². The van der Waals surface area contributed by atoms with Crippen molar-refractivity contribution in [2.24, 2.45) is 0 Å². The van der Waals surface area contributed by atoms with E-state index in [4.69, 9.17) is 0 Å². The molecule has 1 atom stereocenters. The number of carbonyl (C=O) groups excluding carboxylic acids is 2. The van der Waals surface area contributed by atoms with Crippen molar-refractivity contribution >= 4 is 11.9 Å². The summed E-state index contributed by atoms with van der Waals surface area (Å²) in [6, 6.07) is 0. The van der Waals surface area contributed by atoms with E-state index in [1.54, 1.807) is 0 Å². The third-order valence-electron chi connectivity index (χ3n) is 1.76. The molecule has 0 aliphatic rings. The third-order valence-corrected chi connectivity index (χ3v) is 1.76. The molecule has 0 bridgehead atoms. The fourth-order valence-corrected chi connectivity index (χ4v) is 0.891. The maximum absolute atomic E-state index is 12.9. The number of rotatable bonds is 5. The third kappa shape index (κ3) is 5.14. The molecule has 0 fully saturated rings. The Morgan fingerprint density at radius 3 is 2.05 bits per heavy atom. The van der Waals surface area contributed by atoms with Crippen LogP contribution in [0.5, 0.6) is 0 Å². The Morgan fingerprint density at radius 1 is 1.21 bits per heavy atom. The predicted molar refractivity (Wildman–Crippen MR) is 51.0 cm³/mol. The highest BCUT2D eigenvalue weighted by Crippen LogP contribution is 2.38. The van der Waals surface area contributed by atoms with Gasteiger partial charge in [0.05, 0.1) is 0 Å². The van der Waals surface area contributed by atoms with E-state index in [9.17, 15) is 35.9 Å². The minimum absolute atomic E-state index is 0.525. The van der Waals surface area contributed by atoms with E-state index in [0.29, 0.717) is 6.08 Å². The van der Waals surface area contributed by atoms with Gasteiger partial charge in [-0.15, -0.1) is 0 Å². The molecule has 0 amide bonds. The minimum Gasteiger partial charge on any atom is -0.386 e. The first-order valence-electron chi connectivity index (χ1n) is 4.56. The Hall–Kier alpha value is -1.80. The van der Waals surface area contributed by atoms with Crippen LogP contribution in [-0.4, -0.2) is 30.2 Å². The number of hydrogen-bond acceptors (Lipinski definition) is 3. The summed E-state index contributed by atoms with van der Waals surface area (Å²) in [4.78, 5) is 21.5. The lowest BCUT2D eigenvalue weighted by Gasteiger charge is -2.22. The summed E-state index contributed by atoms with van der Waals surface area (Å²) in [5.74, 6) is -7.88. The van der Waals surface area contributed by atoms with Crippen molar-refractivity contribution in [1.29, 1.82) is 0 Å². The van der Waals surface area contributed by atoms with Crippen LogP contribution in [0, 0.1) is 0 Å². The second-order valence-electron chi connectivity index (χ2n) is 3.36. The molecule has 0 aliphatic heterocycles. The number of carbonyl (C=O) groups is 2. The van der Waals surface area contributed by atoms with Gasteiger partial charge in [0.15, 0.2) is 0 Å². The zero-order valence-electron chi connectivity index (χ0n) is 9.27. The van der Waals surface area contributed by atoms with Crippen LogP contribution in [0.25, 0.3) is 0 Å². The highest BCUT2D eigenvalue weighted by molar-refractivity contribution is 5.98. The Labute approximate surface area is 103 Å². The summed E-state index contributed by atoms with van der Waals surface area (Å²) < 4.78 is 77.5. The first kappa shape index (κ1) is 17.2. The van der Waals surface area contributed by atoms with Gasteiger partial charge in [-0.1, -0.05) is 13.2 Å². The molecular weight excluding hydrogens is 282 g/mol. The smallest absolute Gasteiger partial charge is 0.386 e. The maximum atomic E-state index is 12.9. The van der Waals surface area contributed by atoms with Gasteiger partial charge in [-0.3, -0.25) is 0 Å². The van der Waals surface area contributed by atoms with Gasteiger partial charge in [-0.25, -0.2) is 22.8 Å². The molecular formula is C10H8F6O3. The van der Waals surface area contributed by atoms with Crippen molar-refractivity contribution in [3.63, 3.8) is 0 Å². The summed E-state index contributed by atoms with van der Waals surface area (Å²) in [6.07, 6.45) is -11.7. The summed E-state index contributed by atoms with van der Waals surface area (Å²) in [7, 11) is 0. The Kier molecular flexibility index (Phi) is 5.34. The van der Waals surface area contributed by atoms with Crippen LogP contribution in [-0.2, 0) is 14.3 Å². The lowest BCUT2D eigenvalue weighted by atomic mass is 10.0. The first-order chi connectivity index (χ1) is 8.41. The number of halogens is 6. The van der Waals surface area contributed by atoms with Crippen molar-refractivity contribution in [3.8, 4) is 0 Å². The molecule has 0 aromatic carbocycles. The van der Waals surface area contributed by atoms with Crippen LogP contribution in [0.4, 0.5) is 26.3 Å². The second kappa shape index (κ2) is 5.89. The van der Waals surface area contributed by atoms with Crippen LogP contribution < -0.4 is 0 Å². The van der Waals surface area contributed by atoms with E-state index in [1.807, 2.05) is 0 Å². The van der Waals surface area contributed by atoms with Gasteiger partial charge in [-0.2, -0.15) is 13.2 Å². The Morgan fingerprint density at radius 2 is 1.68 bits per heavy atom. The van der Waals surface area contributed by atoms with Crippen LogP contribution in [0.2, 0.25) is 0 Å². The molecule has 108 valence electrons. The molecule has 9 heteroatoms. The zero-order chi connectivity index (χ0) is 15.4. The van der Waals surface area contributed by atoms with Gasteiger partial charge < -0.3 is 4.74 Å². The van der Waals surface area contributed by atoms with Crippen LogP contribution in [0.3, 0.4) is 0 Å². The molecule has 0 saturated carbocycles. The number of hydrogen-bond donors (Lipinski definition) is 0. The second-order valence-corrected chi connectivity index (χ2v) is 3.36. The van der Waals surface area contributed by atoms with Crippen molar-refractivity contribution in [1.82, 2.24) is 0 Å². The number of alkyl halides is 6. The molecule has 0 N–H and O–H groups in total. The fraction of sp³-hybridized carbons (Fsp3) is 0.400. The van der Waals surface area contributed by atoms with Gasteiger partial charge in [0.1, 0.15) is 0 Å². The Bertz CT molecular complexity index is 399. The molecule has 0 aliphatic carbocycles. The van der Waals surface area contributed by atoms with Gasteiger partial charge in [0.25, 0.3) is 12.1 Å². The highest BCUT2D eigenvalue weighted by Gasteiger charge is 2.57. The van der Waals surface area contributed by atoms with E-state index in [1.165, 1.54) is 0 Å². The first-order valence-corrected chi connectivity index (χ1v) is 4.56. The maximum Gasteiger partial charge on any atom is 0.425 e. The largest absolute Gasteiger partial charge is 0.425 e. The molecule has 19 heavy (non-hydrogen) atoms. The topological polar surface area (TPSA) is 43.4 Å². The standard InChI is InChI=1S/C10H8F6O3/c1-3-6(17)19-7(18)5(2)4-9(12,13)8(11)10(14,15)16/h3,8H,1-2,4H2. The zero-order valence-corrected chi connectivity index (χ0v) is 9.27. The van der Waals surface area contributed by atoms with Crippen molar-refractivity contribution < 1.29 is 40.7 Å². The monoisotopic (exact) mass is 290 g/mol. The van der Waals surface area contributed by atoms with E-state index in [0.717, 1.165) is 0 Å². The predicted octanol–water partition coefficient (Wildman–Crippen LogP) is 2.72. The average Bonchev–Trinajstić information content (AvgIpc) is 2.25. The molecule has 0 aromatic heterocycles. The minimum atomic E-state index is -5.79. The average molecular weight is 290 g/mol. The lowest BCUT2D eigenvalue weighted by molar-refractivity contribution is -0.243. The van der Waals surface area contributed by atoms with E-state index in [2.05, 4.69) is 17.9 Å². The quantitative estimate of drug-likeness (QED) is 0.338. The van der Waals surface area contributed by atoms with Crippen molar-refractivity contribution in [2.45, 2.75) is 24.7 Å². The summed E-state index contributed by atoms with van der Waals surface area (Å²) in [5, 5.41) is 0. The van der Waals surface area contributed by atoms with Crippen LogP contribution in [0.15, 0.2) is 24.8 Å². The Balaban J connectivity index is 4.75. The number of ether oxygens (including phenoxy) is 1. The number of esters is 2. The van der Waals surface area contributed by atoms with Crippen molar-refractivity contribution in [3.05, 3.63) is 24.8 Å². The van der Waals surface area contributed by atoms with E-state index < -0.39 is 42.2 Å².